The van der Waals surface area contributed by atoms with Crippen molar-refractivity contribution >= 4 is 5.82 Å². The van der Waals surface area contributed by atoms with Gasteiger partial charge in [0.2, 0.25) is 0 Å². The lowest BCUT2D eigenvalue weighted by Gasteiger charge is -2.37. The van der Waals surface area contributed by atoms with Crippen LogP contribution >= 0.6 is 0 Å². The molecule has 88 valence electrons. The molecule has 1 aromatic heterocycles. The Morgan fingerprint density at radius 2 is 2.12 bits per heavy atom. The van der Waals surface area contributed by atoms with E-state index >= 15 is 0 Å². The summed E-state index contributed by atoms with van der Waals surface area (Å²) in [6, 6.07) is 2.03. The number of hydrogen-bond acceptors (Lipinski definition) is 4. The molecule has 1 aliphatic rings. The second-order valence-electron chi connectivity index (χ2n) is 4.79. The maximum absolute atomic E-state index is 5.91. The van der Waals surface area contributed by atoms with Crippen LogP contribution < -0.4 is 11.1 Å². The number of rotatable bonds is 3. The number of aryl methyl sites for hydroxylation is 1. The summed E-state index contributed by atoms with van der Waals surface area (Å²) in [5, 5.41) is 11.6. The Morgan fingerprint density at radius 1 is 1.38 bits per heavy atom. The van der Waals surface area contributed by atoms with E-state index in [1.165, 1.54) is 19.3 Å². The number of anilines is 1. The summed E-state index contributed by atoms with van der Waals surface area (Å²) >= 11 is 0. The Morgan fingerprint density at radius 3 is 2.75 bits per heavy atom. The largest absolute Gasteiger partial charge is 0.362 e. The van der Waals surface area contributed by atoms with E-state index in [2.05, 4.69) is 15.5 Å². The van der Waals surface area contributed by atoms with Crippen LogP contribution in [-0.2, 0) is 0 Å². The molecule has 1 saturated carbocycles. The molecule has 0 aromatic carbocycles. The van der Waals surface area contributed by atoms with Crippen LogP contribution in [0.25, 0.3) is 0 Å². The Bertz CT molecular complexity index is 345. The molecule has 1 heterocycles. The highest BCUT2D eigenvalue weighted by Gasteiger charge is 2.30. The van der Waals surface area contributed by atoms with E-state index in [0.29, 0.717) is 6.54 Å². The first-order valence-corrected chi connectivity index (χ1v) is 6.02. The molecule has 16 heavy (non-hydrogen) atoms. The number of nitrogens with two attached hydrogens (primary N) is 1. The van der Waals surface area contributed by atoms with E-state index in [4.69, 9.17) is 5.73 Å². The van der Waals surface area contributed by atoms with Crippen molar-refractivity contribution in [3.05, 3.63) is 17.8 Å². The lowest BCUT2D eigenvalue weighted by atomic mass is 9.81. The average molecular weight is 220 g/mol. The van der Waals surface area contributed by atoms with Crippen LogP contribution in [0, 0.1) is 6.92 Å². The number of nitrogens with one attached hydrogen (secondary N) is 1. The van der Waals surface area contributed by atoms with E-state index in [0.717, 1.165) is 24.2 Å². The Labute approximate surface area is 96.6 Å². The van der Waals surface area contributed by atoms with Gasteiger partial charge in [0.15, 0.2) is 0 Å². The zero-order chi connectivity index (χ0) is 11.4. The molecule has 0 atom stereocenters. The molecule has 0 spiro atoms. The fourth-order valence-electron chi connectivity index (χ4n) is 2.41. The molecule has 2 rings (SSSR count). The van der Waals surface area contributed by atoms with E-state index in [9.17, 15) is 0 Å². The third-order valence-corrected chi connectivity index (χ3v) is 3.39. The maximum Gasteiger partial charge on any atom is 0.149 e. The summed E-state index contributed by atoms with van der Waals surface area (Å²) in [6.45, 7) is 2.69. The summed E-state index contributed by atoms with van der Waals surface area (Å²) in [7, 11) is 0. The predicted molar refractivity (Wildman–Crippen MR) is 65.3 cm³/mol. The smallest absolute Gasteiger partial charge is 0.149 e. The zero-order valence-electron chi connectivity index (χ0n) is 9.87. The molecule has 1 aliphatic carbocycles. The molecule has 0 saturated heterocycles. The topological polar surface area (TPSA) is 63.8 Å². The fraction of sp³-hybridized carbons (Fsp3) is 0.667. The monoisotopic (exact) mass is 220 g/mol. The molecule has 1 aromatic rings. The van der Waals surface area contributed by atoms with Crippen LogP contribution in [0.15, 0.2) is 12.3 Å². The zero-order valence-corrected chi connectivity index (χ0v) is 9.87. The SMILES string of the molecule is Cc1cnnc(NC2(CN)CCCCC2)c1. The second kappa shape index (κ2) is 4.78. The van der Waals surface area contributed by atoms with Crippen molar-refractivity contribution in [2.75, 3.05) is 11.9 Å². The minimum absolute atomic E-state index is 0.0424. The van der Waals surface area contributed by atoms with Crippen molar-refractivity contribution in [1.82, 2.24) is 10.2 Å². The quantitative estimate of drug-likeness (QED) is 0.816. The second-order valence-corrected chi connectivity index (χ2v) is 4.79. The molecular formula is C12H20N4. The maximum atomic E-state index is 5.91. The van der Waals surface area contributed by atoms with Gasteiger partial charge < -0.3 is 11.1 Å². The molecule has 4 nitrogen and oxygen atoms in total. The van der Waals surface area contributed by atoms with Gasteiger partial charge in [-0.3, -0.25) is 0 Å². The minimum Gasteiger partial charge on any atom is -0.362 e. The molecule has 0 bridgehead atoms. The predicted octanol–water partition coefficient (Wildman–Crippen LogP) is 1.86. The molecule has 4 heteroatoms. The van der Waals surface area contributed by atoms with Gasteiger partial charge in [-0.1, -0.05) is 19.3 Å². The third kappa shape index (κ3) is 2.50. The molecule has 0 unspecified atom stereocenters. The summed E-state index contributed by atoms with van der Waals surface area (Å²) < 4.78 is 0. The van der Waals surface area contributed by atoms with Crippen molar-refractivity contribution in [3.63, 3.8) is 0 Å². The molecular weight excluding hydrogens is 200 g/mol. The van der Waals surface area contributed by atoms with Gasteiger partial charge >= 0.3 is 0 Å². The third-order valence-electron chi connectivity index (χ3n) is 3.39. The van der Waals surface area contributed by atoms with Gasteiger partial charge in [0, 0.05) is 6.54 Å². The average Bonchev–Trinajstić information content (AvgIpc) is 2.30. The van der Waals surface area contributed by atoms with E-state index in [1.807, 2.05) is 13.0 Å². The standard InChI is InChI=1S/C12H20N4/c1-10-7-11(16-14-8-10)15-12(9-13)5-3-2-4-6-12/h7-8H,2-6,9,13H2,1H3,(H,15,16). The Kier molecular flexibility index (Phi) is 3.39. The Hall–Kier alpha value is -1.16. The number of nitrogens with zero attached hydrogens (tertiary/aromatic N) is 2. The highest BCUT2D eigenvalue weighted by Crippen LogP contribution is 2.30. The minimum atomic E-state index is 0.0424. The first kappa shape index (κ1) is 11.3. The fourth-order valence-corrected chi connectivity index (χ4v) is 2.41. The molecule has 1 fully saturated rings. The lowest BCUT2D eigenvalue weighted by molar-refractivity contribution is 0.330. The first-order valence-electron chi connectivity index (χ1n) is 6.02. The van der Waals surface area contributed by atoms with Crippen LogP contribution in [0.4, 0.5) is 5.82 Å². The van der Waals surface area contributed by atoms with Crippen LogP contribution in [0.2, 0.25) is 0 Å². The van der Waals surface area contributed by atoms with Gasteiger partial charge in [-0.25, -0.2) is 0 Å². The summed E-state index contributed by atoms with van der Waals surface area (Å²) in [5.74, 6) is 0.854. The van der Waals surface area contributed by atoms with Crippen molar-refractivity contribution < 1.29 is 0 Å². The summed E-state index contributed by atoms with van der Waals surface area (Å²) in [6.07, 6.45) is 7.87. The van der Waals surface area contributed by atoms with E-state index < -0.39 is 0 Å². The van der Waals surface area contributed by atoms with Gasteiger partial charge in [-0.15, -0.1) is 5.10 Å². The lowest BCUT2D eigenvalue weighted by Crippen LogP contribution is -2.47. The first-order chi connectivity index (χ1) is 7.74. The van der Waals surface area contributed by atoms with Gasteiger partial charge in [-0.05, 0) is 31.4 Å². The normalized spacial score (nSPS) is 19.4. The van der Waals surface area contributed by atoms with Gasteiger partial charge in [-0.2, -0.15) is 5.10 Å². The summed E-state index contributed by atoms with van der Waals surface area (Å²) in [5.41, 5.74) is 7.08. The van der Waals surface area contributed by atoms with Crippen molar-refractivity contribution in [3.8, 4) is 0 Å². The Balaban J connectivity index is 2.11. The van der Waals surface area contributed by atoms with Crippen molar-refractivity contribution in [2.45, 2.75) is 44.6 Å². The summed E-state index contributed by atoms with van der Waals surface area (Å²) in [4.78, 5) is 0. The van der Waals surface area contributed by atoms with E-state index in [1.54, 1.807) is 6.20 Å². The molecule has 0 amide bonds. The molecule has 3 N–H and O–H groups in total. The van der Waals surface area contributed by atoms with E-state index in [-0.39, 0.29) is 5.54 Å². The van der Waals surface area contributed by atoms with Gasteiger partial charge in [0.1, 0.15) is 5.82 Å². The highest BCUT2D eigenvalue weighted by atomic mass is 15.2. The van der Waals surface area contributed by atoms with Crippen LogP contribution in [0.3, 0.4) is 0 Å². The number of hydrogen-bond donors (Lipinski definition) is 2. The molecule has 0 aliphatic heterocycles. The number of aromatic nitrogens is 2. The van der Waals surface area contributed by atoms with Crippen LogP contribution in [0.5, 0.6) is 0 Å². The molecule has 0 radical (unpaired) electrons. The van der Waals surface area contributed by atoms with Gasteiger partial charge in [0.05, 0.1) is 11.7 Å². The van der Waals surface area contributed by atoms with Crippen LogP contribution in [-0.4, -0.2) is 22.3 Å². The van der Waals surface area contributed by atoms with Gasteiger partial charge in [0.25, 0.3) is 0 Å². The van der Waals surface area contributed by atoms with Crippen LogP contribution in [0.1, 0.15) is 37.7 Å². The van der Waals surface area contributed by atoms with Crippen molar-refractivity contribution in [1.29, 1.82) is 0 Å². The highest BCUT2D eigenvalue weighted by molar-refractivity contribution is 5.38. The van der Waals surface area contributed by atoms with Crippen molar-refractivity contribution in [2.24, 2.45) is 5.73 Å².